The fourth-order valence-electron chi connectivity index (χ4n) is 3.02. The van der Waals surface area contributed by atoms with Gasteiger partial charge >= 0.3 is 6.18 Å². The van der Waals surface area contributed by atoms with E-state index >= 15 is 0 Å². The highest BCUT2D eigenvalue weighted by molar-refractivity contribution is 6.36. The molecule has 0 atom stereocenters. The summed E-state index contributed by atoms with van der Waals surface area (Å²) in [6.45, 7) is 0. The van der Waals surface area contributed by atoms with Crippen molar-refractivity contribution in [2.75, 3.05) is 12.4 Å². The van der Waals surface area contributed by atoms with Gasteiger partial charge in [-0.05, 0) is 35.9 Å². The maximum Gasteiger partial charge on any atom is 0.416 e. The van der Waals surface area contributed by atoms with Crippen molar-refractivity contribution in [1.29, 1.82) is 0 Å². The Morgan fingerprint density at radius 1 is 1.10 bits per heavy atom. The van der Waals surface area contributed by atoms with Gasteiger partial charge in [0.05, 0.1) is 18.4 Å². The quantitative estimate of drug-likeness (QED) is 0.375. The molecule has 4 rings (SSSR count). The van der Waals surface area contributed by atoms with Crippen LogP contribution in [0.1, 0.15) is 17.0 Å². The third-order valence-electron chi connectivity index (χ3n) is 4.52. The van der Waals surface area contributed by atoms with Gasteiger partial charge in [-0.1, -0.05) is 29.3 Å². The van der Waals surface area contributed by atoms with Gasteiger partial charge in [-0.2, -0.15) is 13.2 Å². The molecule has 2 N–H and O–H groups in total. The molecule has 0 radical (unpaired) electrons. The number of halogens is 5. The molecule has 2 aromatic heterocycles. The summed E-state index contributed by atoms with van der Waals surface area (Å²) in [6.07, 6.45) is -2.84. The summed E-state index contributed by atoms with van der Waals surface area (Å²) in [4.78, 5) is 15.9. The zero-order valence-corrected chi connectivity index (χ0v) is 17.4. The van der Waals surface area contributed by atoms with Crippen molar-refractivity contribution in [1.82, 2.24) is 19.9 Å². The molecule has 0 saturated carbocycles. The molecule has 2 aromatic carbocycles. The van der Waals surface area contributed by atoms with Gasteiger partial charge in [0.2, 0.25) is 0 Å². The van der Waals surface area contributed by atoms with Gasteiger partial charge in [0.15, 0.2) is 17.0 Å². The molecule has 4 aromatic rings. The zero-order chi connectivity index (χ0) is 22.2. The number of hydrogen-bond acceptors (Lipinski definition) is 5. The number of rotatable bonds is 5. The minimum atomic E-state index is -4.48. The highest BCUT2D eigenvalue weighted by Gasteiger charge is 2.31. The Hall–Kier alpha value is -3.04. The molecule has 0 aliphatic heterocycles. The Balaban J connectivity index is 1.68. The summed E-state index contributed by atoms with van der Waals surface area (Å²) in [5, 5.41) is 3.98. The maximum absolute atomic E-state index is 13.0. The van der Waals surface area contributed by atoms with E-state index < -0.39 is 11.7 Å². The monoisotopic (exact) mass is 467 g/mol. The van der Waals surface area contributed by atoms with Crippen LogP contribution >= 0.6 is 23.2 Å². The van der Waals surface area contributed by atoms with Crippen LogP contribution in [0.2, 0.25) is 10.0 Å². The molecule has 0 spiro atoms. The Morgan fingerprint density at radius 2 is 1.84 bits per heavy atom. The molecule has 0 fully saturated rings. The lowest BCUT2D eigenvalue weighted by Crippen LogP contribution is -2.06. The van der Waals surface area contributed by atoms with Crippen LogP contribution in [-0.2, 0) is 12.6 Å². The van der Waals surface area contributed by atoms with E-state index in [1.807, 2.05) is 0 Å². The number of hydrogen-bond donors (Lipinski definition) is 2. The highest BCUT2D eigenvalue weighted by atomic mass is 35.5. The van der Waals surface area contributed by atoms with Gasteiger partial charge in [0, 0.05) is 16.5 Å². The Morgan fingerprint density at radius 3 is 2.52 bits per heavy atom. The fourth-order valence-corrected chi connectivity index (χ4v) is 3.55. The van der Waals surface area contributed by atoms with Gasteiger partial charge in [0.1, 0.15) is 17.9 Å². The van der Waals surface area contributed by atoms with Crippen LogP contribution in [-0.4, -0.2) is 27.0 Å². The summed E-state index contributed by atoms with van der Waals surface area (Å²) in [7, 11) is 1.29. The molecule has 0 amide bonds. The van der Waals surface area contributed by atoms with Gasteiger partial charge in [-0.15, -0.1) is 0 Å². The van der Waals surface area contributed by atoms with Gasteiger partial charge in [-0.25, -0.2) is 15.0 Å². The van der Waals surface area contributed by atoms with Crippen molar-refractivity contribution in [3.8, 4) is 5.75 Å². The van der Waals surface area contributed by atoms with E-state index in [4.69, 9.17) is 27.9 Å². The molecule has 31 heavy (non-hydrogen) atoms. The number of H-pyrrole nitrogens is 1. The van der Waals surface area contributed by atoms with Crippen molar-refractivity contribution in [3.05, 3.63) is 69.7 Å². The molecule has 11 heteroatoms. The minimum Gasteiger partial charge on any atom is -0.495 e. The molecule has 2 heterocycles. The largest absolute Gasteiger partial charge is 0.495 e. The molecule has 0 unspecified atom stereocenters. The number of ether oxygens (including phenoxy) is 1. The van der Waals surface area contributed by atoms with Crippen LogP contribution in [0.3, 0.4) is 0 Å². The number of nitrogens with one attached hydrogen (secondary N) is 2. The van der Waals surface area contributed by atoms with Gasteiger partial charge < -0.3 is 15.0 Å². The summed E-state index contributed by atoms with van der Waals surface area (Å²) in [6, 6.07) is 8.35. The third-order valence-corrected chi connectivity index (χ3v) is 5.23. The SMILES string of the molecule is COc1cc(C(F)(F)F)ccc1Nc1ncnc2[nH]c(Cc3c(Cl)cccc3Cl)nc12. The van der Waals surface area contributed by atoms with E-state index in [9.17, 15) is 13.2 Å². The number of benzene rings is 2. The van der Waals surface area contributed by atoms with Gasteiger partial charge in [0.25, 0.3) is 0 Å². The first-order valence-corrected chi connectivity index (χ1v) is 9.66. The Bertz CT molecular complexity index is 1240. The molecule has 0 saturated heterocycles. The smallest absolute Gasteiger partial charge is 0.416 e. The van der Waals surface area contributed by atoms with Crippen LogP contribution in [0.25, 0.3) is 11.2 Å². The molecular formula is C20H14Cl2F3N5O. The number of methoxy groups -OCH3 is 1. The van der Waals surface area contributed by atoms with Crippen molar-refractivity contribution < 1.29 is 17.9 Å². The van der Waals surface area contributed by atoms with E-state index in [0.717, 1.165) is 12.1 Å². The van der Waals surface area contributed by atoms with Crippen LogP contribution in [0.5, 0.6) is 5.75 Å². The molecule has 6 nitrogen and oxygen atoms in total. The summed E-state index contributed by atoms with van der Waals surface area (Å²) >= 11 is 12.5. The molecule has 0 aliphatic rings. The van der Waals surface area contributed by atoms with Crippen molar-refractivity contribution in [2.24, 2.45) is 0 Å². The standard InChI is InChI=1S/C20H14Cl2F3N5O/c1-31-15-7-10(20(23,24)25)5-6-14(15)28-18-17-19(27-9-26-18)30-16(29-17)8-11-12(21)3-2-4-13(11)22/h2-7,9H,8H2,1H3,(H2,26,27,28,29,30). The van der Waals surface area contributed by atoms with Crippen LogP contribution < -0.4 is 10.1 Å². The number of nitrogens with zero attached hydrogens (tertiary/aromatic N) is 3. The van der Waals surface area contributed by atoms with Gasteiger partial charge in [-0.3, -0.25) is 0 Å². The number of fused-ring (bicyclic) bond motifs is 1. The van der Waals surface area contributed by atoms with Crippen molar-refractivity contribution in [3.63, 3.8) is 0 Å². The third kappa shape index (κ3) is 4.38. The summed E-state index contributed by atoms with van der Waals surface area (Å²) in [5.41, 5.74) is 1.04. The Labute approximate surface area is 184 Å². The number of alkyl halides is 3. The maximum atomic E-state index is 13.0. The topological polar surface area (TPSA) is 75.7 Å². The highest BCUT2D eigenvalue weighted by Crippen LogP contribution is 2.36. The average molecular weight is 468 g/mol. The van der Waals surface area contributed by atoms with Crippen molar-refractivity contribution in [2.45, 2.75) is 12.6 Å². The molecule has 0 aliphatic carbocycles. The zero-order valence-electron chi connectivity index (χ0n) is 15.9. The second kappa shape index (κ2) is 8.24. The summed E-state index contributed by atoms with van der Waals surface area (Å²) in [5.74, 6) is 0.865. The van der Waals surface area contributed by atoms with E-state index in [1.54, 1.807) is 18.2 Å². The molecule has 160 valence electrons. The predicted molar refractivity (Wildman–Crippen MR) is 112 cm³/mol. The lowest BCUT2D eigenvalue weighted by molar-refractivity contribution is -0.137. The van der Waals surface area contributed by atoms with Crippen LogP contribution in [0.15, 0.2) is 42.7 Å². The number of aromatic amines is 1. The normalized spacial score (nSPS) is 11.7. The average Bonchev–Trinajstić information content (AvgIpc) is 3.14. The second-order valence-electron chi connectivity index (χ2n) is 6.52. The number of imidazole rings is 1. The van der Waals surface area contributed by atoms with E-state index in [1.165, 1.54) is 19.5 Å². The van der Waals surface area contributed by atoms with E-state index in [2.05, 4.69) is 25.3 Å². The number of aromatic nitrogens is 4. The number of anilines is 2. The fraction of sp³-hybridized carbons (Fsp3) is 0.150. The Kier molecular flexibility index (Phi) is 5.63. The molecule has 0 bridgehead atoms. The van der Waals surface area contributed by atoms with Crippen LogP contribution in [0, 0.1) is 0 Å². The van der Waals surface area contributed by atoms with Crippen LogP contribution in [0.4, 0.5) is 24.7 Å². The summed E-state index contributed by atoms with van der Waals surface area (Å²) < 4.78 is 44.1. The lowest BCUT2D eigenvalue weighted by atomic mass is 10.1. The second-order valence-corrected chi connectivity index (χ2v) is 7.33. The predicted octanol–water partition coefficient (Wildman–Crippen LogP) is 6.02. The first kappa shape index (κ1) is 21.2. The van der Waals surface area contributed by atoms with E-state index in [0.29, 0.717) is 50.5 Å². The van der Waals surface area contributed by atoms with Crippen molar-refractivity contribution >= 4 is 45.9 Å². The lowest BCUT2D eigenvalue weighted by Gasteiger charge is -2.13. The first-order valence-electron chi connectivity index (χ1n) is 8.91. The first-order chi connectivity index (χ1) is 14.8. The minimum absolute atomic E-state index is 0.0141. The van der Waals surface area contributed by atoms with E-state index in [-0.39, 0.29) is 5.75 Å². The molecular weight excluding hydrogens is 454 g/mol.